The first kappa shape index (κ1) is 14.6. The maximum atomic E-state index is 12.7. The van der Waals surface area contributed by atoms with Crippen LogP contribution in [0.15, 0.2) is 23.4 Å². The van der Waals surface area contributed by atoms with E-state index in [1.807, 2.05) is 0 Å². The summed E-state index contributed by atoms with van der Waals surface area (Å²) in [6, 6.07) is 1.51. The minimum absolute atomic E-state index is 0.0172. The first-order valence-corrected chi connectivity index (χ1v) is 7.24. The molecule has 2 aromatic rings. The van der Waals surface area contributed by atoms with Crippen molar-refractivity contribution in [3.05, 3.63) is 34.5 Å². The van der Waals surface area contributed by atoms with Crippen molar-refractivity contribution in [3.63, 3.8) is 0 Å². The highest BCUT2D eigenvalue weighted by Gasteiger charge is 2.33. The fourth-order valence-electron chi connectivity index (χ4n) is 3.11. The second-order valence-corrected chi connectivity index (χ2v) is 6.64. The van der Waals surface area contributed by atoms with Crippen LogP contribution < -0.4 is 11.3 Å². The number of piperidine rings is 1. The largest absolute Gasteiger partial charge is 0.337 e. The third-order valence-electron chi connectivity index (χ3n) is 3.92. The van der Waals surface area contributed by atoms with Crippen LogP contribution in [0.25, 0.3) is 11.0 Å². The average Bonchev–Trinajstić information content (AvgIpc) is 2.44. The molecule has 2 aromatic heterocycles. The lowest BCUT2D eigenvalue weighted by atomic mass is 9.82. The number of likely N-dealkylation sites (tertiary alicyclic amines) is 1. The fraction of sp³-hybridized carbons (Fsp3) is 0.467. The molecule has 116 valence electrons. The number of nitrogens with zero attached hydrogens (tertiary/aromatic N) is 3. The van der Waals surface area contributed by atoms with Gasteiger partial charge in [-0.05, 0) is 17.9 Å². The summed E-state index contributed by atoms with van der Waals surface area (Å²) in [7, 11) is 0. The molecular weight excluding hydrogens is 282 g/mol. The molecule has 3 heterocycles. The van der Waals surface area contributed by atoms with E-state index in [-0.39, 0.29) is 22.9 Å². The molecule has 0 spiro atoms. The predicted octanol–water partition coefficient (Wildman–Crippen LogP) is 0.517. The smallest absolute Gasteiger partial charge is 0.260 e. The van der Waals surface area contributed by atoms with Gasteiger partial charge in [-0.3, -0.25) is 9.59 Å². The van der Waals surface area contributed by atoms with Gasteiger partial charge in [-0.15, -0.1) is 0 Å². The molecule has 1 unspecified atom stereocenters. The summed E-state index contributed by atoms with van der Waals surface area (Å²) in [4.78, 5) is 36.8. The topological polar surface area (TPSA) is 105 Å². The molecule has 1 fully saturated rings. The van der Waals surface area contributed by atoms with Crippen LogP contribution >= 0.6 is 0 Å². The summed E-state index contributed by atoms with van der Waals surface area (Å²) < 4.78 is 0. The third-order valence-corrected chi connectivity index (χ3v) is 3.92. The molecule has 1 amide bonds. The molecule has 22 heavy (non-hydrogen) atoms. The number of amides is 1. The third kappa shape index (κ3) is 2.71. The van der Waals surface area contributed by atoms with Crippen LogP contribution in [0.4, 0.5) is 0 Å². The zero-order valence-electron chi connectivity index (χ0n) is 12.7. The number of H-pyrrole nitrogens is 1. The number of nitrogens with two attached hydrogens (primary N) is 1. The molecule has 1 saturated heterocycles. The number of carbonyl (C=O) groups excluding carboxylic acids is 1. The van der Waals surface area contributed by atoms with Gasteiger partial charge in [0.1, 0.15) is 0 Å². The summed E-state index contributed by atoms with van der Waals surface area (Å²) in [5.41, 5.74) is 6.45. The van der Waals surface area contributed by atoms with E-state index in [1.165, 1.54) is 12.5 Å². The molecule has 7 nitrogen and oxygen atoms in total. The molecule has 0 aliphatic carbocycles. The van der Waals surface area contributed by atoms with E-state index in [0.717, 1.165) is 6.42 Å². The van der Waals surface area contributed by atoms with Gasteiger partial charge in [0.2, 0.25) is 0 Å². The molecule has 0 saturated carbocycles. The van der Waals surface area contributed by atoms with E-state index in [9.17, 15) is 9.59 Å². The standard InChI is InChI=1S/C15H19N5O2/c1-15(2)4-10(16)6-20(7-15)14(22)9-3-11-12(17-5-9)18-8-19-13(11)21/h3,5,8,10H,4,6-7,16H2,1-2H3,(H,17,18,19,21). The lowest BCUT2D eigenvalue weighted by Crippen LogP contribution is -2.52. The summed E-state index contributed by atoms with van der Waals surface area (Å²) >= 11 is 0. The SMILES string of the molecule is CC1(C)CC(N)CN(C(=O)c2cnc3nc[nH]c(=O)c3c2)C1. The second kappa shape index (κ2) is 5.17. The van der Waals surface area contributed by atoms with Crippen LogP contribution in [-0.4, -0.2) is 44.9 Å². The highest BCUT2D eigenvalue weighted by molar-refractivity contribution is 5.96. The minimum atomic E-state index is -0.303. The van der Waals surface area contributed by atoms with E-state index in [2.05, 4.69) is 28.8 Å². The lowest BCUT2D eigenvalue weighted by molar-refractivity contribution is 0.0544. The van der Waals surface area contributed by atoms with Crippen molar-refractivity contribution in [1.82, 2.24) is 19.9 Å². The first-order chi connectivity index (χ1) is 10.4. The van der Waals surface area contributed by atoms with E-state index >= 15 is 0 Å². The van der Waals surface area contributed by atoms with Gasteiger partial charge >= 0.3 is 0 Å². The molecule has 1 aliphatic heterocycles. The second-order valence-electron chi connectivity index (χ2n) is 6.64. The number of nitrogens with one attached hydrogen (secondary N) is 1. The highest BCUT2D eigenvalue weighted by atomic mass is 16.2. The number of hydrogen-bond donors (Lipinski definition) is 2. The van der Waals surface area contributed by atoms with Gasteiger partial charge in [-0.25, -0.2) is 9.97 Å². The molecule has 7 heteroatoms. The average molecular weight is 301 g/mol. The number of fused-ring (bicyclic) bond motifs is 1. The lowest BCUT2D eigenvalue weighted by Gasteiger charge is -2.41. The Bertz CT molecular complexity index is 783. The number of aromatic amines is 1. The molecule has 3 rings (SSSR count). The van der Waals surface area contributed by atoms with E-state index in [4.69, 9.17) is 5.73 Å². The van der Waals surface area contributed by atoms with Crippen molar-refractivity contribution in [3.8, 4) is 0 Å². The minimum Gasteiger partial charge on any atom is -0.337 e. The zero-order chi connectivity index (χ0) is 15.9. The van der Waals surface area contributed by atoms with Gasteiger partial charge < -0.3 is 15.6 Å². The number of hydrogen-bond acceptors (Lipinski definition) is 5. The summed E-state index contributed by atoms with van der Waals surface area (Å²) in [6.45, 7) is 5.35. The molecule has 1 atom stereocenters. The Balaban J connectivity index is 1.95. The first-order valence-electron chi connectivity index (χ1n) is 7.24. The monoisotopic (exact) mass is 301 g/mol. The molecule has 0 bridgehead atoms. The Morgan fingerprint density at radius 3 is 2.95 bits per heavy atom. The Morgan fingerprint density at radius 1 is 1.45 bits per heavy atom. The Labute approximate surface area is 127 Å². The number of pyridine rings is 1. The van der Waals surface area contributed by atoms with Gasteiger partial charge in [0.25, 0.3) is 11.5 Å². The predicted molar refractivity (Wildman–Crippen MR) is 82.4 cm³/mol. The van der Waals surface area contributed by atoms with Crippen LogP contribution in [0.1, 0.15) is 30.6 Å². The Kier molecular flexibility index (Phi) is 3.44. The Morgan fingerprint density at radius 2 is 2.23 bits per heavy atom. The number of aromatic nitrogens is 3. The maximum Gasteiger partial charge on any atom is 0.260 e. The molecule has 0 aromatic carbocycles. The summed E-state index contributed by atoms with van der Waals surface area (Å²) in [5.74, 6) is -0.152. The van der Waals surface area contributed by atoms with Crippen LogP contribution in [0.2, 0.25) is 0 Å². The van der Waals surface area contributed by atoms with E-state index in [1.54, 1.807) is 11.0 Å². The normalized spacial score (nSPS) is 21.0. The Hall–Kier alpha value is -2.28. The van der Waals surface area contributed by atoms with Gasteiger partial charge in [0.15, 0.2) is 5.65 Å². The number of rotatable bonds is 1. The van der Waals surface area contributed by atoms with Crippen LogP contribution in [-0.2, 0) is 0 Å². The number of carbonyl (C=O) groups is 1. The fourth-order valence-corrected chi connectivity index (χ4v) is 3.11. The van der Waals surface area contributed by atoms with Crippen molar-refractivity contribution in [2.24, 2.45) is 11.1 Å². The molecule has 1 aliphatic rings. The van der Waals surface area contributed by atoms with Crippen LogP contribution in [0.5, 0.6) is 0 Å². The van der Waals surface area contributed by atoms with Gasteiger partial charge in [0, 0.05) is 25.3 Å². The van der Waals surface area contributed by atoms with Crippen molar-refractivity contribution in [2.75, 3.05) is 13.1 Å². The van der Waals surface area contributed by atoms with Crippen molar-refractivity contribution >= 4 is 16.9 Å². The van der Waals surface area contributed by atoms with Crippen molar-refractivity contribution in [2.45, 2.75) is 26.3 Å². The van der Waals surface area contributed by atoms with Crippen molar-refractivity contribution in [1.29, 1.82) is 0 Å². The molecular formula is C15H19N5O2. The van der Waals surface area contributed by atoms with Crippen molar-refractivity contribution < 1.29 is 4.79 Å². The van der Waals surface area contributed by atoms with Crippen LogP contribution in [0, 0.1) is 5.41 Å². The van der Waals surface area contributed by atoms with Crippen LogP contribution in [0.3, 0.4) is 0 Å². The molecule has 0 radical (unpaired) electrons. The molecule has 3 N–H and O–H groups in total. The van der Waals surface area contributed by atoms with E-state index in [0.29, 0.717) is 29.7 Å². The summed E-state index contributed by atoms with van der Waals surface area (Å²) in [6.07, 6.45) is 3.64. The van der Waals surface area contributed by atoms with Gasteiger partial charge in [-0.2, -0.15) is 0 Å². The quantitative estimate of drug-likeness (QED) is 0.799. The maximum absolute atomic E-state index is 12.7. The zero-order valence-corrected chi connectivity index (χ0v) is 12.7. The highest BCUT2D eigenvalue weighted by Crippen LogP contribution is 2.28. The van der Waals surface area contributed by atoms with Gasteiger partial charge in [-0.1, -0.05) is 13.8 Å². The summed E-state index contributed by atoms with van der Waals surface area (Å²) in [5, 5.41) is 0.314. The van der Waals surface area contributed by atoms with E-state index < -0.39 is 0 Å². The van der Waals surface area contributed by atoms with Gasteiger partial charge in [0.05, 0.1) is 17.3 Å².